The van der Waals surface area contributed by atoms with E-state index >= 15 is 0 Å². The second kappa shape index (κ2) is 4.70. The van der Waals surface area contributed by atoms with Crippen molar-refractivity contribution in [1.82, 2.24) is 4.98 Å². The van der Waals surface area contributed by atoms with Crippen LogP contribution in [0.5, 0.6) is 0 Å². The van der Waals surface area contributed by atoms with Crippen molar-refractivity contribution in [2.75, 3.05) is 7.11 Å². The lowest BCUT2D eigenvalue weighted by atomic mass is 10.2. The Morgan fingerprint density at radius 1 is 1.71 bits per heavy atom. The molecule has 0 saturated carbocycles. The summed E-state index contributed by atoms with van der Waals surface area (Å²) < 4.78 is 5.08. The maximum atomic E-state index is 11.2. The number of hydrogen-bond donors (Lipinski definition) is 0. The fourth-order valence-electron chi connectivity index (χ4n) is 0.843. The van der Waals surface area contributed by atoms with Crippen LogP contribution < -0.4 is 0 Å². The average molecular weight is 325 g/mol. The molecule has 1 aromatic heterocycles. The largest absolute Gasteiger partial charge is 0.465 e. The Hall–Kier alpha value is -0.690. The molecule has 74 valence electrons. The van der Waals surface area contributed by atoms with Gasteiger partial charge in [-0.2, -0.15) is 0 Å². The van der Waals surface area contributed by atoms with Crippen molar-refractivity contribution in [2.45, 2.75) is 0 Å². The van der Waals surface area contributed by atoms with E-state index in [2.05, 4.69) is 9.72 Å². The van der Waals surface area contributed by atoms with Crippen LogP contribution in [0.25, 0.3) is 0 Å². The van der Waals surface area contributed by atoms with Gasteiger partial charge in [0.2, 0.25) is 0 Å². The van der Waals surface area contributed by atoms with Gasteiger partial charge in [-0.1, -0.05) is 11.6 Å². The SMILES string of the molecule is COC(=O)c1cc(I)c(Cl)nc1C=O. The molecule has 0 atom stereocenters. The molecule has 4 nitrogen and oxygen atoms in total. The summed E-state index contributed by atoms with van der Waals surface area (Å²) in [6.07, 6.45) is 0.466. The van der Waals surface area contributed by atoms with Crippen LogP contribution in [0.3, 0.4) is 0 Å². The van der Waals surface area contributed by atoms with E-state index in [9.17, 15) is 9.59 Å². The van der Waals surface area contributed by atoms with Crippen LogP contribution in [0.2, 0.25) is 5.15 Å². The number of aromatic nitrogens is 1. The van der Waals surface area contributed by atoms with Gasteiger partial charge in [-0.25, -0.2) is 9.78 Å². The predicted molar refractivity (Wildman–Crippen MR) is 58.7 cm³/mol. The summed E-state index contributed by atoms with van der Waals surface area (Å²) in [5.41, 5.74) is 0.110. The number of carbonyl (C=O) groups excluding carboxylic acids is 2. The number of hydrogen-bond acceptors (Lipinski definition) is 4. The van der Waals surface area contributed by atoms with Crippen molar-refractivity contribution in [1.29, 1.82) is 0 Å². The normalized spacial score (nSPS) is 9.64. The van der Waals surface area contributed by atoms with Crippen molar-refractivity contribution in [3.63, 3.8) is 0 Å². The average Bonchev–Trinajstić information content (AvgIpc) is 2.20. The maximum absolute atomic E-state index is 11.2. The number of rotatable bonds is 2. The van der Waals surface area contributed by atoms with Crippen LogP contribution in [0.4, 0.5) is 0 Å². The maximum Gasteiger partial charge on any atom is 0.340 e. The molecule has 0 N–H and O–H groups in total. The van der Waals surface area contributed by atoms with Crippen molar-refractivity contribution in [2.24, 2.45) is 0 Å². The van der Waals surface area contributed by atoms with Crippen molar-refractivity contribution in [3.8, 4) is 0 Å². The molecule has 0 saturated heterocycles. The summed E-state index contributed by atoms with van der Waals surface area (Å²) in [6.45, 7) is 0. The lowest BCUT2D eigenvalue weighted by molar-refractivity contribution is 0.0597. The van der Waals surface area contributed by atoms with Crippen LogP contribution in [-0.2, 0) is 4.74 Å². The van der Waals surface area contributed by atoms with E-state index < -0.39 is 5.97 Å². The Labute approximate surface area is 98.7 Å². The molecule has 0 aliphatic carbocycles. The monoisotopic (exact) mass is 325 g/mol. The second-order valence-electron chi connectivity index (χ2n) is 2.30. The van der Waals surface area contributed by atoms with Gasteiger partial charge in [0.1, 0.15) is 10.8 Å². The highest BCUT2D eigenvalue weighted by molar-refractivity contribution is 14.1. The minimum absolute atomic E-state index is 0.0118. The number of carbonyl (C=O) groups is 2. The molecular weight excluding hydrogens is 320 g/mol. The van der Waals surface area contributed by atoms with E-state index in [4.69, 9.17) is 11.6 Å². The minimum Gasteiger partial charge on any atom is -0.465 e. The van der Waals surface area contributed by atoms with E-state index in [1.807, 2.05) is 22.6 Å². The first-order valence-electron chi connectivity index (χ1n) is 3.49. The summed E-state index contributed by atoms with van der Waals surface area (Å²) >= 11 is 7.60. The molecule has 14 heavy (non-hydrogen) atoms. The summed E-state index contributed by atoms with van der Waals surface area (Å²) in [4.78, 5) is 25.5. The molecule has 0 bridgehead atoms. The standard InChI is InChI=1S/C8H5ClINO3/c1-14-8(13)4-2-5(10)7(9)11-6(4)3-12/h2-3H,1H3. The molecule has 1 heterocycles. The Kier molecular flexibility index (Phi) is 3.82. The van der Waals surface area contributed by atoms with Crippen LogP contribution >= 0.6 is 34.2 Å². The molecule has 6 heteroatoms. The Morgan fingerprint density at radius 2 is 2.36 bits per heavy atom. The molecule has 0 amide bonds. The summed E-state index contributed by atoms with van der Waals surface area (Å²) in [6, 6.07) is 1.46. The molecule has 1 rings (SSSR count). The molecule has 0 aromatic carbocycles. The van der Waals surface area contributed by atoms with Gasteiger partial charge >= 0.3 is 5.97 Å². The predicted octanol–water partition coefficient (Wildman–Crippen LogP) is 1.94. The molecule has 0 radical (unpaired) electrons. The third-order valence-electron chi connectivity index (χ3n) is 1.48. The van der Waals surface area contributed by atoms with E-state index in [0.717, 1.165) is 0 Å². The number of methoxy groups -OCH3 is 1. The highest BCUT2D eigenvalue weighted by atomic mass is 127. The number of esters is 1. The summed E-state index contributed by atoms with van der Waals surface area (Å²) in [5.74, 6) is -0.603. The molecule has 0 unspecified atom stereocenters. The quantitative estimate of drug-likeness (QED) is 0.361. The summed E-state index contributed by atoms with van der Waals surface area (Å²) in [7, 11) is 1.23. The van der Waals surface area contributed by atoms with E-state index in [1.54, 1.807) is 0 Å². The molecule has 1 aromatic rings. The minimum atomic E-state index is -0.603. The topological polar surface area (TPSA) is 56.3 Å². The first-order chi connectivity index (χ1) is 6.60. The second-order valence-corrected chi connectivity index (χ2v) is 3.82. The zero-order valence-corrected chi connectivity index (χ0v) is 10.00. The lowest BCUT2D eigenvalue weighted by Gasteiger charge is -2.03. The fourth-order valence-corrected chi connectivity index (χ4v) is 1.42. The van der Waals surface area contributed by atoms with Crippen LogP contribution in [0.15, 0.2) is 6.07 Å². The number of halogens is 2. The van der Waals surface area contributed by atoms with Gasteiger partial charge in [0.15, 0.2) is 6.29 Å². The smallest absolute Gasteiger partial charge is 0.340 e. The van der Waals surface area contributed by atoms with Gasteiger partial charge in [0.25, 0.3) is 0 Å². The zero-order chi connectivity index (χ0) is 10.7. The lowest BCUT2D eigenvalue weighted by Crippen LogP contribution is -2.08. The number of ether oxygens (including phenoxy) is 1. The Bertz CT molecular complexity index is 394. The highest BCUT2D eigenvalue weighted by Crippen LogP contribution is 2.19. The highest BCUT2D eigenvalue weighted by Gasteiger charge is 2.15. The van der Waals surface area contributed by atoms with E-state index in [-0.39, 0.29) is 16.4 Å². The number of nitrogens with zero attached hydrogens (tertiary/aromatic N) is 1. The fraction of sp³-hybridized carbons (Fsp3) is 0.125. The third-order valence-corrected chi connectivity index (χ3v) is 2.91. The van der Waals surface area contributed by atoms with Gasteiger partial charge in [0, 0.05) is 0 Å². The van der Waals surface area contributed by atoms with E-state index in [0.29, 0.717) is 9.86 Å². The van der Waals surface area contributed by atoms with Gasteiger partial charge in [-0.05, 0) is 28.7 Å². The van der Waals surface area contributed by atoms with Crippen molar-refractivity contribution >= 4 is 46.4 Å². The Balaban J connectivity index is 3.34. The van der Waals surface area contributed by atoms with Crippen LogP contribution in [-0.4, -0.2) is 24.3 Å². The Morgan fingerprint density at radius 3 is 2.86 bits per heavy atom. The molecule has 0 fully saturated rings. The zero-order valence-electron chi connectivity index (χ0n) is 7.08. The molecule has 0 spiro atoms. The van der Waals surface area contributed by atoms with Crippen molar-refractivity contribution in [3.05, 3.63) is 26.0 Å². The number of aldehydes is 1. The molecule has 0 aliphatic rings. The molecular formula is C8H5ClINO3. The third kappa shape index (κ3) is 2.21. The van der Waals surface area contributed by atoms with Gasteiger partial charge in [-0.15, -0.1) is 0 Å². The van der Waals surface area contributed by atoms with Crippen LogP contribution in [0.1, 0.15) is 20.8 Å². The van der Waals surface area contributed by atoms with Crippen molar-refractivity contribution < 1.29 is 14.3 Å². The van der Waals surface area contributed by atoms with Gasteiger partial charge in [0.05, 0.1) is 16.2 Å². The first kappa shape index (κ1) is 11.4. The van der Waals surface area contributed by atoms with Crippen LogP contribution in [0, 0.1) is 3.57 Å². The van der Waals surface area contributed by atoms with Gasteiger partial charge in [-0.3, -0.25) is 4.79 Å². The number of pyridine rings is 1. The van der Waals surface area contributed by atoms with E-state index in [1.165, 1.54) is 13.2 Å². The van der Waals surface area contributed by atoms with Gasteiger partial charge < -0.3 is 4.74 Å². The first-order valence-corrected chi connectivity index (χ1v) is 4.95. The summed E-state index contributed by atoms with van der Waals surface area (Å²) in [5, 5.41) is 0.195. The molecule has 0 aliphatic heterocycles.